The Morgan fingerprint density at radius 1 is 0.842 bits per heavy atom. The molecule has 100 valence electrons. The minimum absolute atomic E-state index is 0.159. The Hall–Kier alpha value is -1.96. The Balaban J connectivity index is 2.53. The zero-order valence-corrected chi connectivity index (χ0v) is 11.9. The molecule has 2 heteroatoms. The van der Waals surface area contributed by atoms with Gasteiger partial charge in [-0.25, -0.2) is 0 Å². The van der Waals surface area contributed by atoms with Crippen LogP contribution in [0.25, 0.3) is 11.1 Å². The summed E-state index contributed by atoms with van der Waals surface area (Å²) >= 11 is 0. The van der Waals surface area contributed by atoms with E-state index in [1.54, 1.807) is 7.11 Å². The minimum atomic E-state index is 0.159. The Labute approximate surface area is 115 Å². The fourth-order valence-electron chi connectivity index (χ4n) is 2.17. The number of para-hydroxylation sites is 1. The molecule has 0 atom stereocenters. The zero-order chi connectivity index (χ0) is 13.8. The molecule has 2 aromatic carbocycles. The second-order valence-electron chi connectivity index (χ2n) is 4.80. The van der Waals surface area contributed by atoms with Gasteiger partial charge in [-0.15, -0.1) is 0 Å². The predicted octanol–water partition coefficient (Wildman–Crippen LogP) is 4.46. The van der Waals surface area contributed by atoms with Gasteiger partial charge in [0.15, 0.2) is 0 Å². The van der Waals surface area contributed by atoms with Crippen LogP contribution in [0.15, 0.2) is 42.5 Å². The van der Waals surface area contributed by atoms with Crippen LogP contribution in [-0.2, 0) is 0 Å². The highest BCUT2D eigenvalue weighted by molar-refractivity contribution is 5.75. The highest BCUT2D eigenvalue weighted by Gasteiger charge is 2.11. The van der Waals surface area contributed by atoms with E-state index in [0.29, 0.717) is 0 Å². The maximum absolute atomic E-state index is 5.89. The maximum atomic E-state index is 5.89. The first-order chi connectivity index (χ1) is 9.13. The first-order valence-corrected chi connectivity index (χ1v) is 6.53. The molecule has 0 fully saturated rings. The summed E-state index contributed by atoms with van der Waals surface area (Å²) in [5, 5.41) is 0. The average molecular weight is 256 g/mol. The van der Waals surface area contributed by atoms with Crippen molar-refractivity contribution in [3.05, 3.63) is 48.0 Å². The molecule has 0 unspecified atom stereocenters. The average Bonchev–Trinajstić information content (AvgIpc) is 2.39. The number of hydrogen-bond donors (Lipinski definition) is 0. The largest absolute Gasteiger partial charge is 0.496 e. The van der Waals surface area contributed by atoms with Crippen LogP contribution in [0.4, 0.5) is 0 Å². The Morgan fingerprint density at radius 3 is 2.16 bits per heavy atom. The maximum Gasteiger partial charge on any atom is 0.127 e. The van der Waals surface area contributed by atoms with Gasteiger partial charge in [0, 0.05) is 5.56 Å². The molecule has 0 spiro atoms. The molecule has 0 bridgehead atoms. The highest BCUT2D eigenvalue weighted by atomic mass is 16.5. The fourth-order valence-corrected chi connectivity index (χ4v) is 2.17. The van der Waals surface area contributed by atoms with Crippen molar-refractivity contribution in [2.75, 3.05) is 7.11 Å². The second-order valence-corrected chi connectivity index (χ2v) is 4.80. The molecule has 2 rings (SSSR count). The summed E-state index contributed by atoms with van der Waals surface area (Å²) in [7, 11) is 1.70. The van der Waals surface area contributed by atoms with Crippen molar-refractivity contribution in [2.24, 2.45) is 0 Å². The van der Waals surface area contributed by atoms with Gasteiger partial charge in [-0.05, 0) is 44.0 Å². The number of methoxy groups -OCH3 is 1. The van der Waals surface area contributed by atoms with Crippen LogP contribution in [0.3, 0.4) is 0 Å². The lowest BCUT2D eigenvalue weighted by Gasteiger charge is -2.16. The van der Waals surface area contributed by atoms with Gasteiger partial charge >= 0.3 is 0 Å². The van der Waals surface area contributed by atoms with Crippen LogP contribution < -0.4 is 9.47 Å². The molecule has 0 saturated carbocycles. The fraction of sp³-hybridized carbons (Fsp3) is 0.294. The third-order valence-electron chi connectivity index (χ3n) is 3.04. The molecule has 2 aromatic rings. The topological polar surface area (TPSA) is 18.5 Å². The standard InChI is InChI=1S/C17H20O2/c1-12(2)19-17-10-6-5-8-15(17)14-9-7-11-16(18-4)13(14)3/h5-12H,1-4H3. The Morgan fingerprint density at radius 2 is 1.47 bits per heavy atom. The lowest BCUT2D eigenvalue weighted by Crippen LogP contribution is -2.06. The number of hydrogen-bond acceptors (Lipinski definition) is 2. The number of benzene rings is 2. The Kier molecular flexibility index (Phi) is 4.10. The molecule has 0 aliphatic rings. The van der Waals surface area contributed by atoms with Gasteiger partial charge in [0.05, 0.1) is 13.2 Å². The van der Waals surface area contributed by atoms with E-state index in [1.165, 1.54) is 0 Å². The summed E-state index contributed by atoms with van der Waals surface area (Å²) in [4.78, 5) is 0. The van der Waals surface area contributed by atoms with Crippen molar-refractivity contribution in [3.63, 3.8) is 0 Å². The third kappa shape index (κ3) is 2.90. The van der Waals surface area contributed by atoms with Crippen molar-refractivity contribution < 1.29 is 9.47 Å². The monoisotopic (exact) mass is 256 g/mol. The minimum Gasteiger partial charge on any atom is -0.496 e. The van der Waals surface area contributed by atoms with E-state index in [-0.39, 0.29) is 6.10 Å². The summed E-state index contributed by atoms with van der Waals surface area (Å²) in [6.45, 7) is 6.14. The SMILES string of the molecule is COc1cccc(-c2ccccc2OC(C)C)c1C. The number of ether oxygens (including phenoxy) is 2. The van der Waals surface area contributed by atoms with Crippen LogP contribution in [0.1, 0.15) is 19.4 Å². The van der Waals surface area contributed by atoms with Crippen molar-refractivity contribution in [3.8, 4) is 22.6 Å². The van der Waals surface area contributed by atoms with Gasteiger partial charge in [-0.2, -0.15) is 0 Å². The van der Waals surface area contributed by atoms with E-state index in [4.69, 9.17) is 9.47 Å². The summed E-state index contributed by atoms with van der Waals surface area (Å²) < 4.78 is 11.3. The van der Waals surface area contributed by atoms with E-state index in [1.807, 2.05) is 44.2 Å². The molecule has 0 aliphatic heterocycles. The van der Waals surface area contributed by atoms with Gasteiger partial charge in [-0.3, -0.25) is 0 Å². The molecule has 0 heterocycles. The van der Waals surface area contributed by atoms with E-state index in [9.17, 15) is 0 Å². The molecule has 2 nitrogen and oxygen atoms in total. The normalized spacial score (nSPS) is 10.6. The highest BCUT2D eigenvalue weighted by Crippen LogP contribution is 2.35. The van der Waals surface area contributed by atoms with Gasteiger partial charge in [0.1, 0.15) is 11.5 Å². The number of rotatable bonds is 4. The molecule has 0 amide bonds. The van der Waals surface area contributed by atoms with Crippen molar-refractivity contribution >= 4 is 0 Å². The smallest absolute Gasteiger partial charge is 0.127 e. The third-order valence-corrected chi connectivity index (χ3v) is 3.04. The quantitative estimate of drug-likeness (QED) is 0.804. The zero-order valence-electron chi connectivity index (χ0n) is 11.9. The van der Waals surface area contributed by atoms with Crippen molar-refractivity contribution in [1.29, 1.82) is 0 Å². The summed E-state index contributed by atoms with van der Waals surface area (Å²) in [6, 6.07) is 14.2. The Bertz CT molecular complexity index is 559. The molecular weight excluding hydrogens is 236 g/mol. The molecule has 19 heavy (non-hydrogen) atoms. The first kappa shape index (κ1) is 13.5. The van der Waals surface area contributed by atoms with Gasteiger partial charge in [-0.1, -0.05) is 30.3 Å². The summed E-state index contributed by atoms with van der Waals surface area (Å²) in [6.07, 6.45) is 0.159. The van der Waals surface area contributed by atoms with Gasteiger partial charge in [0.2, 0.25) is 0 Å². The van der Waals surface area contributed by atoms with E-state index in [0.717, 1.165) is 28.2 Å². The van der Waals surface area contributed by atoms with E-state index < -0.39 is 0 Å². The molecule has 0 aliphatic carbocycles. The predicted molar refractivity (Wildman–Crippen MR) is 78.9 cm³/mol. The first-order valence-electron chi connectivity index (χ1n) is 6.53. The molecular formula is C17H20O2. The second kappa shape index (κ2) is 5.79. The van der Waals surface area contributed by atoms with Crippen LogP contribution in [-0.4, -0.2) is 13.2 Å². The van der Waals surface area contributed by atoms with Gasteiger partial charge < -0.3 is 9.47 Å². The molecule has 0 radical (unpaired) electrons. The van der Waals surface area contributed by atoms with Crippen molar-refractivity contribution in [1.82, 2.24) is 0 Å². The van der Waals surface area contributed by atoms with Crippen LogP contribution in [0.2, 0.25) is 0 Å². The van der Waals surface area contributed by atoms with E-state index in [2.05, 4.69) is 19.1 Å². The van der Waals surface area contributed by atoms with Crippen molar-refractivity contribution in [2.45, 2.75) is 26.9 Å². The molecule has 0 saturated heterocycles. The van der Waals surface area contributed by atoms with E-state index >= 15 is 0 Å². The van der Waals surface area contributed by atoms with Crippen LogP contribution in [0.5, 0.6) is 11.5 Å². The van der Waals surface area contributed by atoms with Crippen LogP contribution >= 0.6 is 0 Å². The summed E-state index contributed by atoms with van der Waals surface area (Å²) in [5.41, 5.74) is 3.38. The van der Waals surface area contributed by atoms with Gasteiger partial charge in [0.25, 0.3) is 0 Å². The molecule has 0 aromatic heterocycles. The lowest BCUT2D eigenvalue weighted by molar-refractivity contribution is 0.243. The summed E-state index contributed by atoms with van der Waals surface area (Å²) in [5.74, 6) is 1.81. The molecule has 0 N–H and O–H groups in total. The van der Waals surface area contributed by atoms with Crippen LogP contribution in [0, 0.1) is 6.92 Å². The lowest BCUT2D eigenvalue weighted by atomic mass is 9.99.